The molecule has 2 bridgehead atoms. The molecule has 2 rings (SSSR count). The van der Waals surface area contributed by atoms with Gasteiger partial charge in [0.2, 0.25) is 0 Å². The maximum atomic E-state index is 4.18. The fraction of sp³-hybridized carbons (Fsp3) is 0.733. The molecule has 0 heteroatoms. The van der Waals surface area contributed by atoms with Crippen LogP contribution in [0, 0.1) is 22.7 Å². The van der Waals surface area contributed by atoms with Crippen LogP contribution in [0.4, 0.5) is 0 Å². The number of hydrogen-bond acceptors (Lipinski definition) is 0. The molecule has 0 radical (unpaired) electrons. The molecule has 15 heavy (non-hydrogen) atoms. The predicted molar refractivity (Wildman–Crippen MR) is 66.7 cm³/mol. The highest BCUT2D eigenvalue weighted by Crippen LogP contribution is 2.65. The Bertz CT molecular complexity index is 308. The van der Waals surface area contributed by atoms with E-state index in [1.807, 2.05) is 0 Å². The highest BCUT2D eigenvalue weighted by Gasteiger charge is 2.57. The van der Waals surface area contributed by atoms with E-state index in [1.165, 1.54) is 18.4 Å². The molecule has 0 aromatic carbocycles. The first-order chi connectivity index (χ1) is 6.91. The van der Waals surface area contributed by atoms with Gasteiger partial charge >= 0.3 is 0 Å². The molecule has 0 aromatic rings. The van der Waals surface area contributed by atoms with E-state index in [9.17, 15) is 0 Å². The van der Waals surface area contributed by atoms with Gasteiger partial charge in [-0.15, -0.1) is 0 Å². The summed E-state index contributed by atoms with van der Waals surface area (Å²) in [6, 6.07) is 0. The minimum absolute atomic E-state index is 0.412. The maximum Gasteiger partial charge on any atom is -0.00582 e. The van der Waals surface area contributed by atoms with Crippen LogP contribution < -0.4 is 0 Å². The summed E-state index contributed by atoms with van der Waals surface area (Å²) in [6.07, 6.45) is 8.68. The monoisotopic (exact) mass is 204 g/mol. The van der Waals surface area contributed by atoms with Gasteiger partial charge in [0.05, 0.1) is 0 Å². The minimum Gasteiger partial charge on any atom is -0.0999 e. The molecule has 2 aliphatic rings. The smallest absolute Gasteiger partial charge is 0.00582 e. The highest BCUT2D eigenvalue weighted by atomic mass is 14.6. The number of fused-ring (bicyclic) bond motifs is 2. The van der Waals surface area contributed by atoms with E-state index in [0.717, 1.165) is 18.3 Å². The zero-order chi connectivity index (χ0) is 11.3. The normalized spacial score (nSPS) is 41.1. The Balaban J connectivity index is 2.19. The molecule has 1 saturated carbocycles. The molecule has 1 fully saturated rings. The predicted octanol–water partition coefficient (Wildman–Crippen LogP) is 4.58. The van der Waals surface area contributed by atoms with Gasteiger partial charge in [-0.2, -0.15) is 0 Å². The van der Waals surface area contributed by atoms with Gasteiger partial charge in [0.15, 0.2) is 0 Å². The average Bonchev–Trinajstić information content (AvgIpc) is 2.50. The maximum absolute atomic E-state index is 4.18. The molecule has 0 aromatic heterocycles. The molecule has 0 spiro atoms. The molecule has 3 atom stereocenters. The second kappa shape index (κ2) is 3.23. The molecule has 2 aliphatic carbocycles. The van der Waals surface area contributed by atoms with Gasteiger partial charge in [0.1, 0.15) is 0 Å². The lowest BCUT2D eigenvalue weighted by molar-refractivity contribution is 0.142. The van der Waals surface area contributed by atoms with Crippen molar-refractivity contribution in [2.75, 3.05) is 0 Å². The van der Waals surface area contributed by atoms with E-state index < -0.39 is 0 Å². The topological polar surface area (TPSA) is 0 Å². The summed E-state index contributed by atoms with van der Waals surface area (Å²) in [4.78, 5) is 0. The van der Waals surface area contributed by atoms with Crippen molar-refractivity contribution in [3.8, 4) is 0 Å². The van der Waals surface area contributed by atoms with E-state index in [4.69, 9.17) is 0 Å². The number of allylic oxidation sites excluding steroid dienone is 3. The van der Waals surface area contributed by atoms with E-state index in [-0.39, 0.29) is 0 Å². The van der Waals surface area contributed by atoms with Crippen LogP contribution in [0.15, 0.2) is 24.3 Å². The highest BCUT2D eigenvalue weighted by molar-refractivity contribution is 5.26. The van der Waals surface area contributed by atoms with E-state index >= 15 is 0 Å². The lowest BCUT2D eigenvalue weighted by atomic mass is 9.66. The molecule has 0 heterocycles. The van der Waals surface area contributed by atoms with Crippen molar-refractivity contribution in [1.82, 2.24) is 0 Å². The van der Waals surface area contributed by atoms with Crippen molar-refractivity contribution in [2.45, 2.75) is 47.0 Å². The molecule has 0 saturated heterocycles. The Labute approximate surface area is 94.5 Å². The fourth-order valence-corrected chi connectivity index (χ4v) is 3.55. The van der Waals surface area contributed by atoms with Gasteiger partial charge in [-0.1, -0.05) is 52.0 Å². The molecule has 84 valence electrons. The Morgan fingerprint density at radius 2 is 2.07 bits per heavy atom. The second-order valence-corrected chi connectivity index (χ2v) is 6.21. The van der Waals surface area contributed by atoms with Crippen LogP contribution >= 0.6 is 0 Å². The zero-order valence-corrected chi connectivity index (χ0v) is 10.6. The van der Waals surface area contributed by atoms with Gasteiger partial charge in [0, 0.05) is 0 Å². The van der Waals surface area contributed by atoms with Crippen LogP contribution in [0.25, 0.3) is 0 Å². The molecule has 0 nitrogen and oxygen atoms in total. The summed E-state index contributed by atoms with van der Waals surface area (Å²) in [5.74, 6) is 1.63. The van der Waals surface area contributed by atoms with Crippen molar-refractivity contribution in [3.05, 3.63) is 24.3 Å². The molecular formula is C15H24. The number of hydrogen-bond donors (Lipinski definition) is 0. The van der Waals surface area contributed by atoms with Crippen LogP contribution in [0.2, 0.25) is 0 Å². The minimum atomic E-state index is 0.412. The van der Waals surface area contributed by atoms with Crippen LogP contribution in [-0.2, 0) is 0 Å². The van der Waals surface area contributed by atoms with Gasteiger partial charge < -0.3 is 0 Å². The van der Waals surface area contributed by atoms with Crippen molar-refractivity contribution in [1.29, 1.82) is 0 Å². The average molecular weight is 204 g/mol. The van der Waals surface area contributed by atoms with Crippen LogP contribution in [0.5, 0.6) is 0 Å². The number of rotatable bonds is 3. The van der Waals surface area contributed by atoms with Gasteiger partial charge in [-0.05, 0) is 41.9 Å². The lowest BCUT2D eigenvalue weighted by Crippen LogP contribution is -2.32. The lowest BCUT2D eigenvalue weighted by Gasteiger charge is -2.38. The third-order valence-electron chi connectivity index (χ3n) is 5.41. The summed E-state index contributed by atoms with van der Waals surface area (Å²) in [7, 11) is 0. The Hall–Kier alpha value is -0.520. The van der Waals surface area contributed by atoms with E-state index in [2.05, 4.69) is 46.4 Å². The van der Waals surface area contributed by atoms with Crippen molar-refractivity contribution < 1.29 is 0 Å². The van der Waals surface area contributed by atoms with Crippen LogP contribution in [0.3, 0.4) is 0 Å². The summed E-state index contributed by atoms with van der Waals surface area (Å²) >= 11 is 0. The largest absolute Gasteiger partial charge is 0.0999 e. The summed E-state index contributed by atoms with van der Waals surface area (Å²) in [5.41, 5.74) is 2.31. The fourth-order valence-electron chi connectivity index (χ4n) is 3.55. The zero-order valence-electron chi connectivity index (χ0n) is 10.6. The van der Waals surface area contributed by atoms with Gasteiger partial charge in [-0.25, -0.2) is 0 Å². The first kappa shape index (κ1) is 11.0. The molecule has 0 aliphatic heterocycles. The molecule has 3 unspecified atom stereocenters. The van der Waals surface area contributed by atoms with Gasteiger partial charge in [0.25, 0.3) is 0 Å². The van der Waals surface area contributed by atoms with Crippen molar-refractivity contribution >= 4 is 0 Å². The molecular weight excluding hydrogens is 180 g/mol. The Morgan fingerprint density at radius 3 is 2.47 bits per heavy atom. The van der Waals surface area contributed by atoms with E-state index in [1.54, 1.807) is 0 Å². The summed E-state index contributed by atoms with van der Waals surface area (Å²) in [6.45, 7) is 13.7. The van der Waals surface area contributed by atoms with Crippen LogP contribution in [-0.4, -0.2) is 0 Å². The molecule has 0 N–H and O–H groups in total. The second-order valence-electron chi connectivity index (χ2n) is 6.21. The standard InChI is InChI=1S/C15H24/c1-6-11(2)9-13-10-12-7-8-15(13,5)14(12,3)4/h7-8,12-13H,2,6,9-10H2,1,3-5H3. The Kier molecular flexibility index (Phi) is 2.37. The first-order valence-corrected chi connectivity index (χ1v) is 6.28. The SMILES string of the molecule is C=C(CC)CC1CC2C=CC1(C)C2(C)C. The summed E-state index contributed by atoms with van der Waals surface area (Å²) in [5, 5.41) is 0. The van der Waals surface area contributed by atoms with Gasteiger partial charge in [-0.3, -0.25) is 0 Å². The van der Waals surface area contributed by atoms with Crippen LogP contribution in [0.1, 0.15) is 47.0 Å². The Morgan fingerprint density at radius 1 is 1.40 bits per heavy atom. The first-order valence-electron chi connectivity index (χ1n) is 6.28. The van der Waals surface area contributed by atoms with Crippen molar-refractivity contribution in [2.24, 2.45) is 22.7 Å². The quantitative estimate of drug-likeness (QED) is 0.590. The molecule has 0 amide bonds. The summed E-state index contributed by atoms with van der Waals surface area (Å²) < 4.78 is 0. The van der Waals surface area contributed by atoms with Crippen molar-refractivity contribution in [3.63, 3.8) is 0 Å². The third-order valence-corrected chi connectivity index (χ3v) is 5.41. The third kappa shape index (κ3) is 1.33. The van der Waals surface area contributed by atoms with E-state index in [0.29, 0.717) is 10.8 Å².